The molecule has 0 spiro atoms. The number of anilines is 1. The monoisotopic (exact) mass is 422 g/mol. The Morgan fingerprint density at radius 1 is 0.903 bits per heavy atom. The van der Waals surface area contributed by atoms with Gasteiger partial charge < -0.3 is 9.74 Å². The van der Waals surface area contributed by atoms with Crippen LogP contribution < -0.4 is 5.32 Å². The molecule has 1 saturated heterocycles. The third-order valence-electron chi connectivity index (χ3n) is 5.35. The van der Waals surface area contributed by atoms with Gasteiger partial charge in [0.2, 0.25) is 0 Å². The standard InChI is InChI=1S/C22H22N4O5/c1-24-10-12-25(13-11-24)14-19(27)15-6-8-16(9-7-15)23-22(30)31-26-20(28)17-4-2-3-5-18(17)21(26)29/h2-9H,10-14H2,1H3,(H,23,30). The molecule has 0 aromatic heterocycles. The molecule has 0 saturated carbocycles. The third kappa shape index (κ3) is 4.47. The van der Waals surface area contributed by atoms with Crippen molar-refractivity contribution in [1.82, 2.24) is 14.9 Å². The predicted octanol–water partition coefficient (Wildman–Crippen LogP) is 1.88. The first-order chi connectivity index (χ1) is 14.9. The molecule has 2 aromatic rings. The van der Waals surface area contributed by atoms with Crippen LogP contribution in [0.3, 0.4) is 0 Å². The van der Waals surface area contributed by atoms with Crippen LogP contribution in [0.25, 0.3) is 0 Å². The largest absolute Gasteiger partial charge is 0.436 e. The van der Waals surface area contributed by atoms with Gasteiger partial charge in [-0.15, -0.1) is 0 Å². The molecule has 160 valence electrons. The van der Waals surface area contributed by atoms with Crippen LogP contribution in [0, 0.1) is 0 Å². The van der Waals surface area contributed by atoms with Crippen molar-refractivity contribution in [3.63, 3.8) is 0 Å². The SMILES string of the molecule is CN1CCN(CC(=O)c2ccc(NC(=O)ON3C(=O)c4ccccc4C3=O)cc2)CC1. The Labute approximate surface area is 179 Å². The van der Waals surface area contributed by atoms with Gasteiger partial charge in [-0.25, -0.2) is 4.79 Å². The van der Waals surface area contributed by atoms with Gasteiger partial charge in [0, 0.05) is 37.4 Å². The van der Waals surface area contributed by atoms with Gasteiger partial charge >= 0.3 is 6.09 Å². The summed E-state index contributed by atoms with van der Waals surface area (Å²) in [6.07, 6.45) is -0.981. The van der Waals surface area contributed by atoms with Crippen molar-refractivity contribution < 1.29 is 24.0 Å². The second-order valence-electron chi connectivity index (χ2n) is 7.53. The molecule has 2 aliphatic heterocycles. The molecule has 2 heterocycles. The van der Waals surface area contributed by atoms with E-state index in [-0.39, 0.29) is 16.9 Å². The lowest BCUT2D eigenvalue weighted by molar-refractivity contribution is -0.0398. The fraction of sp³-hybridized carbons (Fsp3) is 0.273. The van der Waals surface area contributed by atoms with E-state index in [0.29, 0.717) is 22.9 Å². The number of carbonyl (C=O) groups is 4. The first-order valence-electron chi connectivity index (χ1n) is 9.93. The lowest BCUT2D eigenvalue weighted by Gasteiger charge is -2.31. The van der Waals surface area contributed by atoms with Crippen molar-refractivity contribution in [3.8, 4) is 0 Å². The minimum atomic E-state index is -0.981. The van der Waals surface area contributed by atoms with E-state index < -0.39 is 17.9 Å². The van der Waals surface area contributed by atoms with Gasteiger partial charge in [0.05, 0.1) is 17.7 Å². The van der Waals surface area contributed by atoms with Crippen molar-refractivity contribution in [3.05, 3.63) is 65.2 Å². The molecule has 1 N–H and O–H groups in total. The summed E-state index contributed by atoms with van der Waals surface area (Å²) in [5.74, 6) is -1.38. The van der Waals surface area contributed by atoms with E-state index in [4.69, 9.17) is 4.84 Å². The van der Waals surface area contributed by atoms with Crippen LogP contribution in [-0.2, 0) is 4.84 Å². The number of fused-ring (bicyclic) bond motifs is 1. The smallest absolute Gasteiger partial charge is 0.310 e. The summed E-state index contributed by atoms with van der Waals surface area (Å²) >= 11 is 0. The molecule has 2 aromatic carbocycles. The van der Waals surface area contributed by atoms with Crippen LogP contribution in [0.4, 0.5) is 10.5 Å². The molecule has 9 nitrogen and oxygen atoms in total. The van der Waals surface area contributed by atoms with Gasteiger partial charge in [-0.3, -0.25) is 24.6 Å². The van der Waals surface area contributed by atoms with E-state index in [1.807, 2.05) is 0 Å². The number of hydrogen-bond acceptors (Lipinski definition) is 7. The number of piperazine rings is 1. The zero-order valence-corrected chi connectivity index (χ0v) is 17.0. The number of ketones is 1. The molecule has 0 bridgehead atoms. The maximum absolute atomic E-state index is 12.5. The molecule has 31 heavy (non-hydrogen) atoms. The van der Waals surface area contributed by atoms with E-state index in [2.05, 4.69) is 22.2 Å². The molecule has 0 atom stereocenters. The molecular weight excluding hydrogens is 400 g/mol. The van der Waals surface area contributed by atoms with E-state index in [9.17, 15) is 19.2 Å². The molecular formula is C22H22N4O5. The van der Waals surface area contributed by atoms with Crippen LogP contribution in [0.1, 0.15) is 31.1 Å². The van der Waals surface area contributed by atoms with Gasteiger partial charge in [-0.1, -0.05) is 17.2 Å². The Morgan fingerprint density at radius 3 is 2.06 bits per heavy atom. The average Bonchev–Trinajstić information content (AvgIpc) is 3.01. The lowest BCUT2D eigenvalue weighted by atomic mass is 10.1. The van der Waals surface area contributed by atoms with E-state index in [1.54, 1.807) is 36.4 Å². The quantitative estimate of drug-likeness (QED) is 0.580. The Kier molecular flexibility index (Phi) is 5.79. The molecule has 0 radical (unpaired) electrons. The van der Waals surface area contributed by atoms with E-state index in [1.165, 1.54) is 12.1 Å². The minimum Gasteiger partial charge on any atom is -0.310 e. The number of likely N-dealkylation sites (N-methyl/N-ethyl adjacent to an activating group) is 1. The van der Waals surface area contributed by atoms with Gasteiger partial charge in [-0.2, -0.15) is 0 Å². The molecule has 2 aliphatic rings. The summed E-state index contributed by atoms with van der Waals surface area (Å²) < 4.78 is 0. The summed E-state index contributed by atoms with van der Waals surface area (Å²) in [4.78, 5) is 58.4. The summed E-state index contributed by atoms with van der Waals surface area (Å²) in [5.41, 5.74) is 1.28. The number of hydrogen-bond donors (Lipinski definition) is 1. The van der Waals surface area contributed by atoms with Crippen molar-refractivity contribution in [2.24, 2.45) is 0 Å². The fourth-order valence-corrected chi connectivity index (χ4v) is 3.51. The van der Waals surface area contributed by atoms with Crippen LogP contribution in [0.15, 0.2) is 48.5 Å². The number of Topliss-reactive ketones (excluding diaryl/α,β-unsaturated/α-hetero) is 1. The Balaban J connectivity index is 1.32. The van der Waals surface area contributed by atoms with Gasteiger partial charge in [-0.05, 0) is 43.4 Å². The van der Waals surface area contributed by atoms with Crippen LogP contribution in [0.5, 0.6) is 0 Å². The van der Waals surface area contributed by atoms with Crippen molar-refractivity contribution >= 4 is 29.4 Å². The summed E-state index contributed by atoms with van der Waals surface area (Å²) in [6, 6.07) is 12.6. The highest BCUT2D eigenvalue weighted by atomic mass is 16.7. The molecule has 3 amide bonds. The minimum absolute atomic E-state index is 0.00436. The first-order valence-corrected chi connectivity index (χ1v) is 9.93. The van der Waals surface area contributed by atoms with Gasteiger partial charge in [0.1, 0.15) is 0 Å². The molecule has 1 fully saturated rings. The van der Waals surface area contributed by atoms with Crippen LogP contribution >= 0.6 is 0 Å². The average molecular weight is 422 g/mol. The topological polar surface area (TPSA) is 99.3 Å². The number of imide groups is 1. The summed E-state index contributed by atoms with van der Waals surface area (Å²) in [6.45, 7) is 3.93. The Hall–Kier alpha value is -3.56. The second-order valence-corrected chi connectivity index (χ2v) is 7.53. The number of benzene rings is 2. The van der Waals surface area contributed by atoms with Crippen LogP contribution in [-0.4, -0.2) is 78.3 Å². The van der Waals surface area contributed by atoms with Crippen LogP contribution in [0.2, 0.25) is 0 Å². The number of rotatable bonds is 5. The molecule has 4 rings (SSSR count). The third-order valence-corrected chi connectivity index (χ3v) is 5.35. The summed E-state index contributed by atoms with van der Waals surface area (Å²) in [5, 5.41) is 2.89. The van der Waals surface area contributed by atoms with E-state index in [0.717, 1.165) is 26.2 Å². The zero-order valence-electron chi connectivity index (χ0n) is 17.0. The lowest BCUT2D eigenvalue weighted by Crippen LogP contribution is -2.46. The van der Waals surface area contributed by atoms with E-state index >= 15 is 0 Å². The first kappa shape index (κ1) is 20.7. The van der Waals surface area contributed by atoms with Gasteiger partial charge in [0.15, 0.2) is 5.78 Å². The Morgan fingerprint density at radius 2 is 1.48 bits per heavy atom. The molecule has 9 heteroatoms. The van der Waals surface area contributed by atoms with Crippen molar-refractivity contribution in [1.29, 1.82) is 0 Å². The zero-order chi connectivity index (χ0) is 22.0. The highest BCUT2D eigenvalue weighted by Crippen LogP contribution is 2.23. The molecule has 0 unspecified atom stereocenters. The predicted molar refractivity (Wildman–Crippen MR) is 112 cm³/mol. The number of nitrogens with zero attached hydrogens (tertiary/aromatic N) is 3. The van der Waals surface area contributed by atoms with Gasteiger partial charge in [0.25, 0.3) is 11.8 Å². The normalized spacial score (nSPS) is 16.9. The fourth-order valence-electron chi connectivity index (χ4n) is 3.51. The Bertz CT molecular complexity index is 993. The number of amides is 3. The van der Waals surface area contributed by atoms with Crippen molar-refractivity contribution in [2.75, 3.05) is 45.1 Å². The number of carbonyl (C=O) groups excluding carboxylic acids is 4. The van der Waals surface area contributed by atoms with Crippen molar-refractivity contribution in [2.45, 2.75) is 0 Å². The second kappa shape index (κ2) is 8.66. The summed E-state index contributed by atoms with van der Waals surface area (Å²) in [7, 11) is 2.06. The number of nitrogens with one attached hydrogen (secondary N) is 1. The maximum atomic E-state index is 12.5. The highest BCUT2D eigenvalue weighted by molar-refractivity contribution is 6.21. The molecule has 0 aliphatic carbocycles. The highest BCUT2D eigenvalue weighted by Gasteiger charge is 2.38. The maximum Gasteiger partial charge on any atom is 0.436 e. The number of hydroxylamine groups is 2.